The third-order valence-electron chi connectivity index (χ3n) is 7.04. The number of rotatable bonds is 8. The fourth-order valence-electron chi connectivity index (χ4n) is 5.30. The van der Waals surface area contributed by atoms with Gasteiger partial charge in [-0.1, -0.05) is 43.2 Å². The van der Waals surface area contributed by atoms with Crippen LogP contribution in [0.4, 0.5) is 0 Å². The molecule has 1 N–H and O–H groups in total. The molecule has 0 radical (unpaired) electrons. The Labute approximate surface area is 211 Å². The van der Waals surface area contributed by atoms with Gasteiger partial charge >= 0.3 is 0 Å². The van der Waals surface area contributed by atoms with Crippen LogP contribution in [-0.2, 0) is 11.3 Å². The number of guanidine groups is 1. The maximum absolute atomic E-state index is 6.14. The Kier molecular flexibility index (Phi) is 11.0. The molecule has 0 aromatic heterocycles. The van der Waals surface area contributed by atoms with Crippen molar-refractivity contribution in [1.82, 2.24) is 20.0 Å². The fourth-order valence-corrected chi connectivity index (χ4v) is 5.30. The summed E-state index contributed by atoms with van der Waals surface area (Å²) in [6.45, 7) is 9.67. The van der Waals surface area contributed by atoms with Gasteiger partial charge in [-0.2, -0.15) is 0 Å². The molecule has 7 heteroatoms. The van der Waals surface area contributed by atoms with Crippen LogP contribution in [0.2, 0.25) is 0 Å². The van der Waals surface area contributed by atoms with Crippen molar-refractivity contribution in [3.63, 3.8) is 0 Å². The van der Waals surface area contributed by atoms with Crippen LogP contribution in [-0.4, -0.2) is 92.3 Å². The van der Waals surface area contributed by atoms with Crippen molar-refractivity contribution >= 4 is 29.9 Å². The molecule has 3 aliphatic rings. The number of nitrogens with zero attached hydrogens (tertiary/aromatic N) is 4. The zero-order valence-corrected chi connectivity index (χ0v) is 22.1. The number of morpholine rings is 1. The van der Waals surface area contributed by atoms with Gasteiger partial charge in [0, 0.05) is 39.8 Å². The molecular formula is C25H42IN5O. The Morgan fingerprint density at radius 3 is 2.62 bits per heavy atom. The van der Waals surface area contributed by atoms with Crippen molar-refractivity contribution in [3.8, 4) is 0 Å². The largest absolute Gasteiger partial charge is 0.373 e. The predicted octanol–water partition coefficient (Wildman–Crippen LogP) is 3.42. The predicted molar refractivity (Wildman–Crippen MR) is 143 cm³/mol. The number of halogens is 1. The van der Waals surface area contributed by atoms with Crippen LogP contribution in [0.1, 0.15) is 44.1 Å². The van der Waals surface area contributed by atoms with Gasteiger partial charge in [-0.3, -0.25) is 9.89 Å². The van der Waals surface area contributed by atoms with Crippen molar-refractivity contribution in [3.05, 3.63) is 35.9 Å². The van der Waals surface area contributed by atoms with E-state index in [1.54, 1.807) is 0 Å². The summed E-state index contributed by atoms with van der Waals surface area (Å²) in [4.78, 5) is 12.2. The third-order valence-corrected chi connectivity index (χ3v) is 7.04. The van der Waals surface area contributed by atoms with Crippen molar-refractivity contribution in [2.45, 2.75) is 57.2 Å². The highest BCUT2D eigenvalue weighted by atomic mass is 127. The number of unbranched alkanes of at least 4 members (excludes halogenated alkanes) is 2. The SMILES string of the molecule is CN=C(NCCCCCN1CCCCC1)N1CC2OCCN(Cc3ccccc3)C2C1.I. The van der Waals surface area contributed by atoms with Crippen molar-refractivity contribution in [2.24, 2.45) is 4.99 Å². The minimum Gasteiger partial charge on any atom is -0.373 e. The first-order valence-electron chi connectivity index (χ1n) is 12.4. The van der Waals surface area contributed by atoms with Crippen LogP contribution in [0.5, 0.6) is 0 Å². The van der Waals surface area contributed by atoms with Crippen LogP contribution < -0.4 is 5.32 Å². The lowest BCUT2D eigenvalue weighted by Crippen LogP contribution is -2.50. The van der Waals surface area contributed by atoms with Gasteiger partial charge in [0.1, 0.15) is 0 Å². The highest BCUT2D eigenvalue weighted by Crippen LogP contribution is 2.24. The lowest BCUT2D eigenvalue weighted by molar-refractivity contribution is -0.0502. The Hall–Kier alpha value is -0.900. The molecule has 2 unspecified atom stereocenters. The zero-order chi connectivity index (χ0) is 21.3. The minimum absolute atomic E-state index is 0. The highest BCUT2D eigenvalue weighted by Gasteiger charge is 2.41. The van der Waals surface area contributed by atoms with E-state index in [4.69, 9.17) is 4.74 Å². The van der Waals surface area contributed by atoms with Crippen LogP contribution in [0, 0.1) is 0 Å². The van der Waals surface area contributed by atoms with E-state index in [-0.39, 0.29) is 30.1 Å². The molecule has 0 amide bonds. The van der Waals surface area contributed by atoms with Crippen molar-refractivity contribution in [2.75, 3.05) is 59.5 Å². The monoisotopic (exact) mass is 555 g/mol. The second-order valence-corrected chi connectivity index (χ2v) is 9.27. The van der Waals surface area contributed by atoms with Gasteiger partial charge in [0.2, 0.25) is 0 Å². The van der Waals surface area contributed by atoms with Gasteiger partial charge in [0.15, 0.2) is 5.96 Å². The molecule has 3 aliphatic heterocycles. The smallest absolute Gasteiger partial charge is 0.193 e. The van der Waals surface area contributed by atoms with Gasteiger partial charge in [0.25, 0.3) is 0 Å². The second-order valence-electron chi connectivity index (χ2n) is 9.27. The van der Waals surface area contributed by atoms with Crippen LogP contribution in [0.3, 0.4) is 0 Å². The normalized spacial score (nSPS) is 24.8. The third kappa shape index (κ3) is 7.30. The van der Waals surface area contributed by atoms with Crippen LogP contribution in [0.25, 0.3) is 0 Å². The summed E-state index contributed by atoms with van der Waals surface area (Å²) in [5.74, 6) is 1.04. The maximum Gasteiger partial charge on any atom is 0.193 e. The minimum atomic E-state index is 0. The number of fused-ring (bicyclic) bond motifs is 1. The molecule has 32 heavy (non-hydrogen) atoms. The van der Waals surface area contributed by atoms with Gasteiger partial charge in [-0.05, 0) is 50.9 Å². The molecule has 180 valence electrons. The molecule has 3 heterocycles. The van der Waals surface area contributed by atoms with E-state index >= 15 is 0 Å². The fraction of sp³-hybridized carbons (Fsp3) is 0.720. The summed E-state index contributed by atoms with van der Waals surface area (Å²) in [6.07, 6.45) is 8.30. The highest BCUT2D eigenvalue weighted by molar-refractivity contribution is 14.0. The van der Waals surface area contributed by atoms with Crippen molar-refractivity contribution < 1.29 is 4.74 Å². The number of aliphatic imine (C=N–C) groups is 1. The average Bonchev–Trinajstić information content (AvgIpc) is 3.25. The van der Waals surface area contributed by atoms with Crippen molar-refractivity contribution in [1.29, 1.82) is 0 Å². The molecule has 0 aliphatic carbocycles. The summed E-state index contributed by atoms with van der Waals surface area (Å²) in [5, 5.41) is 3.61. The van der Waals surface area contributed by atoms with E-state index in [2.05, 4.69) is 55.3 Å². The number of benzene rings is 1. The molecule has 2 atom stereocenters. The molecule has 4 rings (SSSR count). The molecule has 0 bridgehead atoms. The quantitative estimate of drug-likeness (QED) is 0.231. The summed E-state index contributed by atoms with van der Waals surface area (Å²) in [7, 11) is 1.91. The molecule has 3 saturated heterocycles. The molecule has 6 nitrogen and oxygen atoms in total. The topological polar surface area (TPSA) is 43.3 Å². The Morgan fingerprint density at radius 2 is 1.84 bits per heavy atom. The first kappa shape index (κ1) is 25.7. The summed E-state index contributed by atoms with van der Waals surface area (Å²) >= 11 is 0. The van der Waals surface area contributed by atoms with E-state index in [9.17, 15) is 0 Å². The number of hydrogen-bond donors (Lipinski definition) is 1. The Morgan fingerprint density at radius 1 is 1.03 bits per heavy atom. The van der Waals surface area contributed by atoms with E-state index in [0.29, 0.717) is 6.04 Å². The van der Waals surface area contributed by atoms with E-state index < -0.39 is 0 Å². The molecule has 1 aromatic carbocycles. The number of nitrogens with one attached hydrogen (secondary N) is 1. The van der Waals surface area contributed by atoms with Gasteiger partial charge in [-0.25, -0.2) is 0 Å². The van der Waals surface area contributed by atoms with Crippen LogP contribution in [0.15, 0.2) is 35.3 Å². The number of piperidine rings is 1. The standard InChI is InChI=1S/C25H41N5O.HI/c1-26-25(27-13-7-3-8-14-28-15-9-4-10-16-28)30-20-23-24(21-30)31-18-17-29(23)19-22-11-5-2-6-12-22;/h2,5-6,11-12,23-24H,3-4,7-10,13-21H2,1H3,(H,26,27);1H. The van der Waals surface area contributed by atoms with E-state index in [1.165, 1.54) is 63.7 Å². The number of likely N-dealkylation sites (tertiary alicyclic amines) is 2. The number of ether oxygens (including phenoxy) is 1. The second kappa shape index (κ2) is 13.7. The first-order valence-corrected chi connectivity index (χ1v) is 12.4. The summed E-state index contributed by atoms with van der Waals surface area (Å²) < 4.78 is 6.14. The lowest BCUT2D eigenvalue weighted by atomic mass is 10.1. The average molecular weight is 556 g/mol. The molecule has 3 fully saturated rings. The summed E-state index contributed by atoms with van der Waals surface area (Å²) in [5.41, 5.74) is 1.38. The lowest BCUT2D eigenvalue weighted by Gasteiger charge is -2.36. The van der Waals surface area contributed by atoms with E-state index in [0.717, 1.165) is 45.3 Å². The molecule has 0 spiro atoms. The van der Waals surface area contributed by atoms with Gasteiger partial charge in [-0.15, -0.1) is 24.0 Å². The first-order chi connectivity index (χ1) is 15.3. The summed E-state index contributed by atoms with van der Waals surface area (Å²) in [6, 6.07) is 11.2. The molecule has 1 aromatic rings. The van der Waals surface area contributed by atoms with Gasteiger partial charge in [0.05, 0.1) is 18.8 Å². The van der Waals surface area contributed by atoms with Gasteiger partial charge < -0.3 is 19.9 Å². The Bertz CT molecular complexity index is 682. The maximum atomic E-state index is 6.14. The van der Waals surface area contributed by atoms with E-state index in [1.807, 2.05) is 7.05 Å². The number of hydrogen-bond acceptors (Lipinski definition) is 4. The molecule has 0 saturated carbocycles. The Balaban J connectivity index is 0.00000289. The zero-order valence-electron chi connectivity index (χ0n) is 19.8. The van der Waals surface area contributed by atoms with Crippen LogP contribution >= 0.6 is 24.0 Å². The molecular weight excluding hydrogens is 513 g/mol.